The number of benzene rings is 2. The van der Waals surface area contributed by atoms with E-state index in [0.29, 0.717) is 6.54 Å². The van der Waals surface area contributed by atoms with E-state index in [9.17, 15) is 9.59 Å². The van der Waals surface area contributed by atoms with Crippen molar-refractivity contribution < 1.29 is 14.3 Å². The van der Waals surface area contributed by atoms with Gasteiger partial charge in [0, 0.05) is 6.54 Å². The van der Waals surface area contributed by atoms with Crippen LogP contribution < -0.4 is 0 Å². The lowest BCUT2D eigenvalue weighted by molar-refractivity contribution is -0.187. The van der Waals surface area contributed by atoms with Crippen LogP contribution in [0.4, 0.5) is 0 Å². The van der Waals surface area contributed by atoms with Gasteiger partial charge in [0.25, 0.3) is 0 Å². The van der Waals surface area contributed by atoms with Gasteiger partial charge in [-0.2, -0.15) is 0 Å². The lowest BCUT2D eigenvalue weighted by atomic mass is 9.69. The van der Waals surface area contributed by atoms with Crippen LogP contribution in [0.15, 0.2) is 60.7 Å². The first kappa shape index (κ1) is 16.2. The molecule has 1 aliphatic heterocycles. The normalized spacial score (nSPS) is 22.8. The predicted molar refractivity (Wildman–Crippen MR) is 90.9 cm³/mol. The lowest BCUT2D eigenvalue weighted by Crippen LogP contribution is -2.69. The van der Waals surface area contributed by atoms with Crippen LogP contribution in [-0.2, 0) is 26.4 Å². The number of esters is 1. The highest BCUT2D eigenvalue weighted by atomic mass is 16.5. The fourth-order valence-electron chi connectivity index (χ4n) is 3.38. The van der Waals surface area contributed by atoms with Crippen molar-refractivity contribution in [3.8, 4) is 0 Å². The van der Waals surface area contributed by atoms with E-state index in [-0.39, 0.29) is 12.5 Å². The largest absolute Gasteiger partial charge is 0.465 e. The quantitative estimate of drug-likeness (QED) is 0.482. The number of carbonyl (C=O) groups excluding carboxylic acids is 2. The monoisotopic (exact) mass is 323 g/mol. The van der Waals surface area contributed by atoms with E-state index in [4.69, 9.17) is 4.74 Å². The van der Waals surface area contributed by atoms with Gasteiger partial charge in [0.2, 0.25) is 5.91 Å². The number of likely N-dealkylation sites (tertiary alicyclic amines) is 1. The van der Waals surface area contributed by atoms with Crippen LogP contribution in [0.25, 0.3) is 0 Å². The van der Waals surface area contributed by atoms with Crippen molar-refractivity contribution in [1.29, 1.82) is 0 Å². The standard InChI is InChI=1S/C20H21NO3/c1-3-24-19(23)17-18(22)21(14-15-10-6-4-7-11-15)20(17,2)16-12-8-5-9-13-16/h4-13,17H,3,14H2,1-2H3/t17-,20+/m1/s1. The van der Waals surface area contributed by atoms with E-state index >= 15 is 0 Å². The van der Waals surface area contributed by atoms with Gasteiger partial charge < -0.3 is 9.64 Å². The Labute approximate surface area is 142 Å². The molecule has 1 heterocycles. The number of amides is 1. The van der Waals surface area contributed by atoms with Gasteiger partial charge in [0.15, 0.2) is 5.92 Å². The Kier molecular flexibility index (Phi) is 4.38. The zero-order valence-corrected chi connectivity index (χ0v) is 13.9. The smallest absolute Gasteiger partial charge is 0.321 e. The fraction of sp³-hybridized carbons (Fsp3) is 0.300. The number of hydrogen-bond acceptors (Lipinski definition) is 3. The predicted octanol–water partition coefficient (Wildman–Crippen LogP) is 3.12. The van der Waals surface area contributed by atoms with Crippen LogP contribution in [0, 0.1) is 5.92 Å². The Bertz CT molecular complexity index is 729. The van der Waals surface area contributed by atoms with Crippen molar-refractivity contribution in [1.82, 2.24) is 4.90 Å². The highest BCUT2D eigenvalue weighted by Gasteiger charge is 2.61. The molecule has 0 radical (unpaired) electrons. The second kappa shape index (κ2) is 6.48. The Hall–Kier alpha value is -2.62. The molecule has 0 saturated carbocycles. The van der Waals surface area contributed by atoms with Gasteiger partial charge in [0.1, 0.15) is 0 Å². The van der Waals surface area contributed by atoms with E-state index in [0.717, 1.165) is 11.1 Å². The fourth-order valence-corrected chi connectivity index (χ4v) is 3.38. The van der Waals surface area contributed by atoms with Crippen molar-refractivity contribution in [2.75, 3.05) is 6.61 Å². The molecule has 124 valence electrons. The average molecular weight is 323 g/mol. The SMILES string of the molecule is CCOC(=O)[C@H]1C(=O)N(Cc2ccccc2)[C@@]1(C)c1ccccc1. The van der Waals surface area contributed by atoms with Crippen LogP contribution in [-0.4, -0.2) is 23.4 Å². The maximum absolute atomic E-state index is 12.7. The number of nitrogens with zero attached hydrogens (tertiary/aromatic N) is 1. The minimum absolute atomic E-state index is 0.177. The number of ether oxygens (including phenoxy) is 1. The van der Waals surface area contributed by atoms with Crippen molar-refractivity contribution in [2.24, 2.45) is 5.92 Å². The van der Waals surface area contributed by atoms with Gasteiger partial charge in [0.05, 0.1) is 12.1 Å². The molecule has 0 N–H and O–H groups in total. The van der Waals surface area contributed by atoms with Gasteiger partial charge in [-0.25, -0.2) is 0 Å². The molecule has 2 aromatic rings. The molecule has 4 nitrogen and oxygen atoms in total. The molecule has 0 bridgehead atoms. The van der Waals surface area contributed by atoms with Gasteiger partial charge in [-0.05, 0) is 25.0 Å². The molecule has 1 aliphatic rings. The molecule has 0 aromatic heterocycles. The molecule has 1 amide bonds. The van der Waals surface area contributed by atoms with E-state index in [1.807, 2.05) is 67.6 Å². The third-order valence-corrected chi connectivity index (χ3v) is 4.70. The molecule has 4 heteroatoms. The van der Waals surface area contributed by atoms with E-state index in [2.05, 4.69) is 0 Å². The summed E-state index contributed by atoms with van der Waals surface area (Å²) in [4.78, 5) is 26.8. The molecule has 0 unspecified atom stereocenters. The molecule has 3 rings (SSSR count). The molecule has 2 aromatic carbocycles. The van der Waals surface area contributed by atoms with Crippen molar-refractivity contribution in [3.63, 3.8) is 0 Å². The molecule has 1 saturated heterocycles. The minimum Gasteiger partial charge on any atom is -0.465 e. The summed E-state index contributed by atoms with van der Waals surface area (Å²) >= 11 is 0. The van der Waals surface area contributed by atoms with Gasteiger partial charge in [-0.15, -0.1) is 0 Å². The molecule has 0 aliphatic carbocycles. The molecule has 2 atom stereocenters. The van der Waals surface area contributed by atoms with Crippen molar-refractivity contribution >= 4 is 11.9 Å². The first-order chi connectivity index (χ1) is 11.6. The maximum atomic E-state index is 12.7. The highest BCUT2D eigenvalue weighted by molar-refractivity contribution is 6.05. The second-order valence-corrected chi connectivity index (χ2v) is 6.11. The number of β-lactam (4-membered cyclic amide) rings is 1. The number of rotatable bonds is 5. The molecular formula is C20H21NO3. The van der Waals surface area contributed by atoms with Crippen LogP contribution >= 0.6 is 0 Å². The maximum Gasteiger partial charge on any atom is 0.321 e. The summed E-state index contributed by atoms with van der Waals surface area (Å²) in [5.41, 5.74) is 1.29. The van der Waals surface area contributed by atoms with Gasteiger partial charge >= 0.3 is 5.97 Å². The van der Waals surface area contributed by atoms with Crippen molar-refractivity contribution in [3.05, 3.63) is 71.8 Å². The highest BCUT2D eigenvalue weighted by Crippen LogP contribution is 2.47. The molecule has 1 fully saturated rings. The third kappa shape index (κ3) is 2.58. The van der Waals surface area contributed by atoms with Crippen LogP contribution in [0.2, 0.25) is 0 Å². The Morgan fingerprint density at radius 2 is 1.67 bits per heavy atom. The lowest BCUT2D eigenvalue weighted by Gasteiger charge is -2.55. The van der Waals surface area contributed by atoms with Crippen LogP contribution in [0.3, 0.4) is 0 Å². The minimum atomic E-state index is -0.788. The summed E-state index contributed by atoms with van der Waals surface area (Å²) in [6.07, 6.45) is 0. The van der Waals surface area contributed by atoms with E-state index in [1.165, 1.54) is 0 Å². The van der Waals surface area contributed by atoms with Crippen LogP contribution in [0.5, 0.6) is 0 Å². The Morgan fingerprint density at radius 1 is 1.08 bits per heavy atom. The molecule has 24 heavy (non-hydrogen) atoms. The Morgan fingerprint density at radius 3 is 2.25 bits per heavy atom. The molecular weight excluding hydrogens is 302 g/mol. The summed E-state index contributed by atoms with van der Waals surface area (Å²) in [7, 11) is 0. The number of carbonyl (C=O) groups is 2. The summed E-state index contributed by atoms with van der Waals surface area (Å²) in [6, 6.07) is 19.5. The van der Waals surface area contributed by atoms with Gasteiger partial charge in [-0.3, -0.25) is 9.59 Å². The summed E-state index contributed by atoms with van der Waals surface area (Å²) < 4.78 is 5.15. The van der Waals surface area contributed by atoms with Gasteiger partial charge in [-0.1, -0.05) is 60.7 Å². The zero-order chi connectivity index (χ0) is 17.2. The van der Waals surface area contributed by atoms with Crippen LogP contribution in [0.1, 0.15) is 25.0 Å². The zero-order valence-electron chi connectivity index (χ0n) is 13.9. The van der Waals surface area contributed by atoms with E-state index in [1.54, 1.807) is 11.8 Å². The average Bonchev–Trinajstić information content (AvgIpc) is 2.61. The summed E-state index contributed by atoms with van der Waals surface area (Å²) in [5, 5.41) is 0. The molecule has 0 spiro atoms. The number of hydrogen-bond donors (Lipinski definition) is 0. The first-order valence-electron chi connectivity index (χ1n) is 8.16. The summed E-state index contributed by atoms with van der Waals surface area (Å²) in [6.45, 7) is 4.43. The third-order valence-electron chi connectivity index (χ3n) is 4.70. The first-order valence-corrected chi connectivity index (χ1v) is 8.16. The Balaban J connectivity index is 1.96. The summed E-state index contributed by atoms with van der Waals surface area (Å²) in [5.74, 6) is -1.41. The van der Waals surface area contributed by atoms with Crippen molar-refractivity contribution in [2.45, 2.75) is 25.9 Å². The second-order valence-electron chi connectivity index (χ2n) is 6.11. The van der Waals surface area contributed by atoms with E-state index < -0.39 is 17.4 Å². The topological polar surface area (TPSA) is 46.6 Å².